The Balaban J connectivity index is 1.47. The zero-order valence-electron chi connectivity index (χ0n) is 15.2. The molecule has 0 saturated heterocycles. The number of methoxy groups -OCH3 is 1. The molecule has 28 heavy (non-hydrogen) atoms. The third-order valence-electron chi connectivity index (χ3n) is 3.62. The van der Waals surface area contributed by atoms with E-state index in [9.17, 15) is 9.59 Å². The van der Waals surface area contributed by atoms with Crippen molar-refractivity contribution in [3.8, 4) is 17.4 Å². The van der Waals surface area contributed by atoms with E-state index in [2.05, 4.69) is 15.5 Å². The van der Waals surface area contributed by atoms with Gasteiger partial charge in [-0.3, -0.25) is 9.59 Å². The van der Waals surface area contributed by atoms with Gasteiger partial charge in [0.05, 0.1) is 25.7 Å². The van der Waals surface area contributed by atoms with Crippen LogP contribution in [0.2, 0.25) is 0 Å². The van der Waals surface area contributed by atoms with Gasteiger partial charge in [-0.2, -0.15) is 0 Å². The maximum absolute atomic E-state index is 12.2. The molecule has 146 valence electrons. The van der Waals surface area contributed by atoms with Gasteiger partial charge in [0.25, 0.3) is 11.1 Å². The highest BCUT2D eigenvalue weighted by atomic mass is 32.2. The highest BCUT2D eigenvalue weighted by molar-refractivity contribution is 7.99. The second-order valence-electron chi connectivity index (χ2n) is 5.67. The minimum Gasteiger partial charge on any atom is -0.497 e. The average molecular weight is 402 g/mol. The number of nitrogens with zero attached hydrogens (tertiary/aromatic N) is 3. The van der Waals surface area contributed by atoms with E-state index in [4.69, 9.17) is 13.6 Å². The van der Waals surface area contributed by atoms with Crippen LogP contribution in [0.3, 0.4) is 0 Å². The molecule has 2 aromatic heterocycles. The van der Waals surface area contributed by atoms with E-state index in [0.29, 0.717) is 17.2 Å². The van der Waals surface area contributed by atoms with Gasteiger partial charge < -0.3 is 23.8 Å². The highest BCUT2D eigenvalue weighted by Crippen LogP contribution is 2.23. The van der Waals surface area contributed by atoms with Gasteiger partial charge in [0.1, 0.15) is 5.75 Å². The minimum absolute atomic E-state index is 0.0583. The van der Waals surface area contributed by atoms with Crippen molar-refractivity contribution in [2.45, 2.75) is 5.22 Å². The number of amides is 2. The summed E-state index contributed by atoms with van der Waals surface area (Å²) in [6.45, 7) is -0.0852. The lowest BCUT2D eigenvalue weighted by atomic mass is 10.3. The van der Waals surface area contributed by atoms with Crippen molar-refractivity contribution in [3.63, 3.8) is 0 Å². The van der Waals surface area contributed by atoms with Gasteiger partial charge >= 0.3 is 0 Å². The number of hydrogen-bond donors (Lipinski definition) is 1. The smallest absolute Gasteiger partial charge is 0.284 e. The molecule has 0 spiro atoms. The van der Waals surface area contributed by atoms with Crippen LogP contribution in [0.5, 0.6) is 5.75 Å². The van der Waals surface area contributed by atoms with Crippen LogP contribution in [-0.4, -0.2) is 53.4 Å². The first-order valence-corrected chi connectivity index (χ1v) is 9.22. The lowest BCUT2D eigenvalue weighted by Gasteiger charge is -2.16. The largest absolute Gasteiger partial charge is 0.497 e. The molecule has 0 aliphatic rings. The monoisotopic (exact) mass is 402 g/mol. The predicted octanol–water partition coefficient (Wildman–Crippen LogP) is 2.53. The standard InChI is InChI=1S/C18H18N4O5S/c1-22(10-15(23)19-12-5-3-6-13(9-12)25-2)16(24)11-28-18-21-20-17(27-18)14-7-4-8-26-14/h3-9H,10-11H2,1-2H3,(H,19,23). The van der Waals surface area contributed by atoms with Crippen molar-refractivity contribution in [3.05, 3.63) is 42.7 Å². The zero-order chi connectivity index (χ0) is 19.9. The fraction of sp³-hybridized carbons (Fsp3) is 0.222. The molecule has 0 aliphatic heterocycles. The molecule has 0 radical (unpaired) electrons. The van der Waals surface area contributed by atoms with E-state index in [1.165, 1.54) is 11.2 Å². The van der Waals surface area contributed by atoms with Crippen LogP contribution in [0.15, 0.2) is 56.7 Å². The van der Waals surface area contributed by atoms with Gasteiger partial charge in [0.15, 0.2) is 5.76 Å². The van der Waals surface area contributed by atoms with Crippen LogP contribution in [0.25, 0.3) is 11.7 Å². The summed E-state index contributed by atoms with van der Waals surface area (Å²) >= 11 is 1.09. The quantitative estimate of drug-likeness (QED) is 0.572. The summed E-state index contributed by atoms with van der Waals surface area (Å²) < 4.78 is 15.7. The molecule has 1 aromatic carbocycles. The summed E-state index contributed by atoms with van der Waals surface area (Å²) in [6.07, 6.45) is 1.50. The number of ether oxygens (including phenoxy) is 1. The molecule has 0 saturated carbocycles. The molecule has 0 unspecified atom stereocenters. The van der Waals surface area contributed by atoms with Gasteiger partial charge in [-0.15, -0.1) is 10.2 Å². The van der Waals surface area contributed by atoms with Crippen molar-refractivity contribution in [1.29, 1.82) is 0 Å². The van der Waals surface area contributed by atoms with Gasteiger partial charge in [-0.1, -0.05) is 17.8 Å². The number of benzene rings is 1. The van der Waals surface area contributed by atoms with Gasteiger partial charge in [-0.25, -0.2) is 0 Å². The molecule has 0 bridgehead atoms. The lowest BCUT2D eigenvalue weighted by molar-refractivity contribution is -0.131. The molecule has 3 rings (SSSR count). The molecule has 2 heterocycles. The molecular weight excluding hydrogens is 384 g/mol. The second kappa shape index (κ2) is 9.09. The van der Waals surface area contributed by atoms with E-state index in [1.807, 2.05) is 0 Å². The third kappa shape index (κ3) is 5.13. The number of carbonyl (C=O) groups excluding carboxylic acids is 2. The number of nitrogens with one attached hydrogen (secondary N) is 1. The molecule has 1 N–H and O–H groups in total. The van der Waals surface area contributed by atoms with Crippen LogP contribution in [0, 0.1) is 0 Å². The number of hydrogen-bond acceptors (Lipinski definition) is 8. The fourth-order valence-corrected chi connectivity index (χ4v) is 2.91. The van der Waals surface area contributed by atoms with E-state index >= 15 is 0 Å². The molecular formula is C18H18N4O5S. The van der Waals surface area contributed by atoms with Crippen molar-refractivity contribution < 1.29 is 23.2 Å². The summed E-state index contributed by atoms with van der Waals surface area (Å²) in [5, 5.41) is 10.7. The van der Waals surface area contributed by atoms with Crippen LogP contribution in [0.1, 0.15) is 0 Å². The molecule has 0 fully saturated rings. The average Bonchev–Trinajstić information content (AvgIpc) is 3.37. The Morgan fingerprint density at radius 3 is 2.86 bits per heavy atom. The second-order valence-corrected chi connectivity index (χ2v) is 6.60. The number of thioether (sulfide) groups is 1. The SMILES string of the molecule is COc1cccc(NC(=O)CN(C)C(=O)CSc2nnc(-c3ccco3)o2)c1. The summed E-state index contributed by atoms with van der Waals surface area (Å²) in [5.41, 5.74) is 0.593. The Hall–Kier alpha value is -3.27. The van der Waals surface area contributed by atoms with Crippen LogP contribution in [0.4, 0.5) is 5.69 Å². The number of likely N-dealkylation sites (N-methyl/N-ethyl adjacent to an activating group) is 1. The predicted molar refractivity (Wildman–Crippen MR) is 102 cm³/mol. The molecule has 10 heteroatoms. The Labute approximate surface area is 165 Å². The van der Waals surface area contributed by atoms with Gasteiger partial charge in [0.2, 0.25) is 11.8 Å². The Bertz CT molecular complexity index is 941. The third-order valence-corrected chi connectivity index (χ3v) is 4.42. The van der Waals surface area contributed by atoms with Crippen molar-refractivity contribution in [1.82, 2.24) is 15.1 Å². The summed E-state index contributed by atoms with van der Waals surface area (Å²) in [5.74, 6) is 0.827. The maximum Gasteiger partial charge on any atom is 0.284 e. The zero-order valence-corrected chi connectivity index (χ0v) is 16.1. The normalized spacial score (nSPS) is 10.5. The Morgan fingerprint density at radius 1 is 1.25 bits per heavy atom. The topological polar surface area (TPSA) is 111 Å². The van der Waals surface area contributed by atoms with Crippen LogP contribution < -0.4 is 10.1 Å². The molecule has 2 amide bonds. The van der Waals surface area contributed by atoms with E-state index in [0.717, 1.165) is 11.8 Å². The highest BCUT2D eigenvalue weighted by Gasteiger charge is 2.17. The van der Waals surface area contributed by atoms with Crippen LogP contribution >= 0.6 is 11.8 Å². The first-order chi connectivity index (χ1) is 13.5. The number of anilines is 1. The molecule has 9 nitrogen and oxygen atoms in total. The van der Waals surface area contributed by atoms with E-state index in [1.54, 1.807) is 50.6 Å². The number of aromatic nitrogens is 2. The Morgan fingerprint density at radius 2 is 2.11 bits per heavy atom. The van der Waals surface area contributed by atoms with Crippen molar-refractivity contribution >= 4 is 29.3 Å². The van der Waals surface area contributed by atoms with Gasteiger partial charge in [0, 0.05) is 18.8 Å². The fourth-order valence-electron chi connectivity index (χ4n) is 2.21. The van der Waals surface area contributed by atoms with Crippen molar-refractivity contribution in [2.24, 2.45) is 0 Å². The number of carbonyl (C=O) groups is 2. The summed E-state index contributed by atoms with van der Waals surface area (Å²) in [7, 11) is 3.10. The maximum atomic E-state index is 12.2. The molecule has 0 atom stereocenters. The van der Waals surface area contributed by atoms with Crippen molar-refractivity contribution in [2.75, 3.05) is 31.8 Å². The first kappa shape index (κ1) is 19.5. The molecule has 3 aromatic rings. The van der Waals surface area contributed by atoms with E-state index in [-0.39, 0.29) is 35.2 Å². The Kier molecular flexibility index (Phi) is 6.33. The summed E-state index contributed by atoms with van der Waals surface area (Å²) in [4.78, 5) is 25.7. The van der Waals surface area contributed by atoms with Crippen LogP contribution in [-0.2, 0) is 9.59 Å². The first-order valence-electron chi connectivity index (χ1n) is 8.23. The molecule has 0 aliphatic carbocycles. The number of rotatable bonds is 8. The minimum atomic E-state index is -0.313. The van der Waals surface area contributed by atoms with E-state index < -0.39 is 0 Å². The number of furan rings is 1. The van der Waals surface area contributed by atoms with Gasteiger partial charge in [-0.05, 0) is 24.3 Å². The lowest BCUT2D eigenvalue weighted by Crippen LogP contribution is -2.35. The summed E-state index contributed by atoms with van der Waals surface area (Å²) in [6, 6.07) is 10.4.